The van der Waals surface area contributed by atoms with E-state index in [4.69, 9.17) is 5.73 Å². The molecule has 100 valence electrons. The van der Waals surface area contributed by atoms with Crippen molar-refractivity contribution in [2.45, 2.75) is 6.92 Å². The van der Waals surface area contributed by atoms with Gasteiger partial charge in [0.1, 0.15) is 17.5 Å². The Morgan fingerprint density at radius 2 is 1.65 bits per heavy atom. The molecule has 2 N–H and O–H groups in total. The number of aromatic nitrogens is 2. The van der Waals surface area contributed by atoms with Gasteiger partial charge in [0.05, 0.1) is 5.52 Å². The fourth-order valence-corrected chi connectivity index (χ4v) is 2.12. The monoisotopic (exact) mass is 271 g/mol. The van der Waals surface area contributed by atoms with Crippen LogP contribution in [-0.4, -0.2) is 9.97 Å². The van der Waals surface area contributed by atoms with E-state index in [0.29, 0.717) is 27.9 Å². The van der Waals surface area contributed by atoms with Crippen molar-refractivity contribution < 1.29 is 8.78 Å². The van der Waals surface area contributed by atoms with Crippen LogP contribution in [0.15, 0.2) is 36.4 Å². The third-order valence-corrected chi connectivity index (χ3v) is 3.12. The molecule has 1 aromatic heterocycles. The summed E-state index contributed by atoms with van der Waals surface area (Å²) in [7, 11) is 0. The van der Waals surface area contributed by atoms with Crippen LogP contribution < -0.4 is 5.73 Å². The van der Waals surface area contributed by atoms with Gasteiger partial charge < -0.3 is 5.73 Å². The molecule has 1 heterocycles. The molecule has 0 atom stereocenters. The quantitative estimate of drug-likeness (QED) is 0.737. The maximum Gasteiger partial charge on any atom is 0.162 e. The summed E-state index contributed by atoms with van der Waals surface area (Å²) in [6.07, 6.45) is 0. The Bertz CT molecular complexity index is 816. The third kappa shape index (κ3) is 2.07. The zero-order valence-electron chi connectivity index (χ0n) is 10.7. The smallest absolute Gasteiger partial charge is 0.162 e. The van der Waals surface area contributed by atoms with Crippen molar-refractivity contribution in [1.82, 2.24) is 9.97 Å². The normalized spacial score (nSPS) is 10.9. The van der Waals surface area contributed by atoms with Crippen molar-refractivity contribution in [3.8, 4) is 11.4 Å². The Kier molecular flexibility index (Phi) is 2.82. The van der Waals surface area contributed by atoms with Crippen LogP contribution in [0, 0.1) is 18.6 Å². The summed E-state index contributed by atoms with van der Waals surface area (Å²) in [6, 6.07) is 8.52. The van der Waals surface area contributed by atoms with Gasteiger partial charge in [0.2, 0.25) is 0 Å². The first kappa shape index (κ1) is 12.5. The van der Waals surface area contributed by atoms with E-state index < -0.39 is 5.82 Å². The van der Waals surface area contributed by atoms with Gasteiger partial charge in [-0.25, -0.2) is 18.7 Å². The summed E-state index contributed by atoms with van der Waals surface area (Å²) in [5, 5.41) is 0.466. The highest BCUT2D eigenvalue weighted by atomic mass is 19.1. The maximum atomic E-state index is 13.2. The minimum atomic E-state index is -0.390. The molecular weight excluding hydrogens is 260 g/mol. The van der Waals surface area contributed by atoms with E-state index in [1.54, 1.807) is 19.1 Å². The molecule has 0 aliphatic heterocycles. The van der Waals surface area contributed by atoms with E-state index in [1.165, 1.54) is 24.3 Å². The van der Waals surface area contributed by atoms with Gasteiger partial charge in [-0.05, 0) is 48.9 Å². The fourth-order valence-electron chi connectivity index (χ4n) is 2.12. The van der Waals surface area contributed by atoms with Crippen LogP contribution in [0.1, 0.15) is 5.56 Å². The number of nitrogens with two attached hydrogens (primary N) is 1. The average molecular weight is 271 g/mol. The van der Waals surface area contributed by atoms with Gasteiger partial charge >= 0.3 is 0 Å². The van der Waals surface area contributed by atoms with Crippen molar-refractivity contribution in [3.63, 3.8) is 0 Å². The summed E-state index contributed by atoms with van der Waals surface area (Å²) < 4.78 is 26.3. The zero-order chi connectivity index (χ0) is 14.3. The third-order valence-electron chi connectivity index (χ3n) is 3.12. The lowest BCUT2D eigenvalue weighted by Gasteiger charge is -2.08. The van der Waals surface area contributed by atoms with Gasteiger partial charge in [-0.1, -0.05) is 0 Å². The summed E-state index contributed by atoms with van der Waals surface area (Å²) in [4.78, 5) is 8.54. The van der Waals surface area contributed by atoms with Crippen molar-refractivity contribution >= 4 is 16.7 Å². The van der Waals surface area contributed by atoms with E-state index in [0.717, 1.165) is 0 Å². The molecule has 0 saturated carbocycles. The second-order valence-electron chi connectivity index (χ2n) is 4.55. The highest BCUT2D eigenvalue weighted by Gasteiger charge is 2.10. The predicted octanol–water partition coefficient (Wildman–Crippen LogP) is 3.47. The number of hydrogen-bond donors (Lipinski definition) is 1. The van der Waals surface area contributed by atoms with Crippen molar-refractivity contribution in [2.75, 3.05) is 5.73 Å². The molecule has 0 aliphatic carbocycles. The lowest BCUT2D eigenvalue weighted by molar-refractivity contribution is 0.626. The summed E-state index contributed by atoms with van der Waals surface area (Å²) in [5.41, 5.74) is 7.82. The molecule has 20 heavy (non-hydrogen) atoms. The molecule has 5 heteroatoms. The summed E-state index contributed by atoms with van der Waals surface area (Å²) in [5.74, 6) is -0.104. The van der Waals surface area contributed by atoms with E-state index in [1.807, 2.05) is 0 Å². The second kappa shape index (κ2) is 4.52. The molecule has 0 saturated heterocycles. The molecule has 3 aromatic rings. The van der Waals surface area contributed by atoms with Crippen LogP contribution in [0.25, 0.3) is 22.3 Å². The Morgan fingerprint density at radius 1 is 0.950 bits per heavy atom. The lowest BCUT2D eigenvalue weighted by atomic mass is 10.1. The van der Waals surface area contributed by atoms with Crippen molar-refractivity contribution in [1.29, 1.82) is 0 Å². The minimum Gasteiger partial charge on any atom is -0.383 e. The van der Waals surface area contributed by atoms with Crippen LogP contribution in [0.3, 0.4) is 0 Å². The second-order valence-corrected chi connectivity index (χ2v) is 4.55. The highest BCUT2D eigenvalue weighted by Crippen LogP contribution is 2.26. The molecule has 0 aliphatic rings. The van der Waals surface area contributed by atoms with E-state index in [2.05, 4.69) is 9.97 Å². The molecule has 3 rings (SSSR count). The molecule has 3 nitrogen and oxygen atoms in total. The number of hydrogen-bond acceptors (Lipinski definition) is 3. The van der Waals surface area contributed by atoms with Crippen molar-refractivity contribution in [3.05, 3.63) is 53.6 Å². The topological polar surface area (TPSA) is 51.8 Å². The Hall–Kier alpha value is -2.56. The van der Waals surface area contributed by atoms with Crippen LogP contribution in [-0.2, 0) is 0 Å². The molecule has 0 amide bonds. The van der Waals surface area contributed by atoms with Gasteiger partial charge in [0.25, 0.3) is 0 Å². The van der Waals surface area contributed by atoms with Gasteiger partial charge in [-0.3, -0.25) is 0 Å². The lowest BCUT2D eigenvalue weighted by Crippen LogP contribution is -1.99. The fraction of sp³-hybridized carbons (Fsp3) is 0.0667. The first-order valence-corrected chi connectivity index (χ1v) is 6.04. The number of benzene rings is 2. The van der Waals surface area contributed by atoms with E-state index >= 15 is 0 Å². The molecular formula is C15H11F2N3. The predicted molar refractivity (Wildman–Crippen MR) is 74.0 cm³/mol. The number of fused-ring (bicyclic) bond motifs is 1. The van der Waals surface area contributed by atoms with E-state index in [-0.39, 0.29) is 11.6 Å². The Labute approximate surface area is 114 Å². The number of nitrogen functional groups attached to an aromatic ring is 1. The number of aryl methyl sites for hydroxylation is 1. The molecule has 0 unspecified atom stereocenters. The van der Waals surface area contributed by atoms with Gasteiger partial charge in [-0.2, -0.15) is 0 Å². The van der Waals surface area contributed by atoms with Crippen LogP contribution in [0.5, 0.6) is 0 Å². The first-order valence-electron chi connectivity index (χ1n) is 6.04. The Morgan fingerprint density at radius 3 is 2.40 bits per heavy atom. The van der Waals surface area contributed by atoms with Crippen LogP contribution in [0.4, 0.5) is 14.6 Å². The molecule has 0 radical (unpaired) electrons. The largest absolute Gasteiger partial charge is 0.383 e. The first-order chi connectivity index (χ1) is 9.54. The van der Waals surface area contributed by atoms with Crippen molar-refractivity contribution in [2.24, 2.45) is 0 Å². The standard InChI is InChI=1S/C15H11F2N3/c1-8-6-9(16)2-4-11(8)15-19-13-5-3-10(17)7-12(13)14(18)20-15/h2-7H,1H3,(H2,18,19,20). The number of anilines is 1. The van der Waals surface area contributed by atoms with Gasteiger partial charge in [-0.15, -0.1) is 0 Å². The average Bonchev–Trinajstić information content (AvgIpc) is 2.39. The number of halogens is 2. The molecule has 2 aromatic carbocycles. The highest BCUT2D eigenvalue weighted by molar-refractivity contribution is 5.89. The number of rotatable bonds is 1. The minimum absolute atomic E-state index is 0.202. The van der Waals surface area contributed by atoms with Crippen LogP contribution in [0.2, 0.25) is 0 Å². The maximum absolute atomic E-state index is 13.2. The SMILES string of the molecule is Cc1cc(F)ccc1-c1nc(N)c2cc(F)ccc2n1. The van der Waals surface area contributed by atoms with E-state index in [9.17, 15) is 8.78 Å². The number of nitrogens with zero attached hydrogens (tertiary/aromatic N) is 2. The molecule has 0 bridgehead atoms. The van der Waals surface area contributed by atoms with Crippen LogP contribution >= 0.6 is 0 Å². The summed E-state index contributed by atoms with van der Waals surface area (Å²) in [6.45, 7) is 1.77. The molecule has 0 spiro atoms. The van der Waals surface area contributed by atoms with Gasteiger partial charge in [0.15, 0.2) is 5.82 Å². The Balaban J connectivity index is 2.24. The van der Waals surface area contributed by atoms with Gasteiger partial charge in [0, 0.05) is 10.9 Å². The molecule has 0 fully saturated rings. The summed E-state index contributed by atoms with van der Waals surface area (Å²) >= 11 is 0. The zero-order valence-corrected chi connectivity index (χ0v) is 10.7.